The number of sulfonamides is 1. The Kier molecular flexibility index (Phi) is 5.99. The molecule has 18 heavy (non-hydrogen) atoms. The molecule has 2 N–H and O–H groups in total. The lowest BCUT2D eigenvalue weighted by Crippen LogP contribution is -2.46. The molecule has 108 valence electrons. The maximum Gasteiger partial charge on any atom is 0.212 e. The molecule has 1 fully saturated rings. The first-order valence-electron chi connectivity index (χ1n) is 5.87. The Morgan fingerprint density at radius 2 is 1.72 bits per heavy atom. The minimum atomic E-state index is -3.49. The van der Waals surface area contributed by atoms with Crippen LogP contribution in [0.5, 0.6) is 0 Å². The molecule has 0 bridgehead atoms. The molecule has 9 heteroatoms. The Bertz CT molecular complexity index is 440. The summed E-state index contributed by atoms with van der Waals surface area (Å²) in [6.45, 7) is 4.63. The van der Waals surface area contributed by atoms with Crippen molar-refractivity contribution in [1.29, 1.82) is 0 Å². The molecule has 0 spiro atoms. The average Bonchev–Trinajstić information content (AvgIpc) is 2.27. The van der Waals surface area contributed by atoms with Gasteiger partial charge in [0.25, 0.3) is 0 Å². The Labute approximate surface area is 109 Å². The number of hydrogen-bond donors (Lipinski definition) is 2. The molecule has 0 unspecified atom stereocenters. The lowest BCUT2D eigenvalue weighted by atomic mass is 10.3. The van der Waals surface area contributed by atoms with E-state index in [1.54, 1.807) is 0 Å². The maximum absolute atomic E-state index is 11.5. The third kappa shape index (κ3) is 7.27. The van der Waals surface area contributed by atoms with Crippen LogP contribution in [-0.4, -0.2) is 78.8 Å². The Morgan fingerprint density at radius 1 is 1.11 bits per heavy atom. The maximum atomic E-state index is 11.5. The molecule has 0 aromatic carbocycles. The second kappa shape index (κ2) is 6.80. The topological polar surface area (TPSA) is 95.6 Å². The van der Waals surface area contributed by atoms with Crippen LogP contribution in [0.4, 0.5) is 0 Å². The molecule has 0 radical (unpaired) electrons. The second-order valence-electron chi connectivity index (χ2n) is 4.43. The van der Waals surface area contributed by atoms with E-state index < -0.39 is 19.9 Å². The van der Waals surface area contributed by atoms with E-state index in [0.717, 1.165) is 32.4 Å². The molecule has 1 saturated heterocycles. The summed E-state index contributed by atoms with van der Waals surface area (Å²) in [5.74, 6) is -0.705. The summed E-state index contributed by atoms with van der Waals surface area (Å²) in [7, 11) is -6.73. The van der Waals surface area contributed by atoms with Crippen LogP contribution in [-0.2, 0) is 19.9 Å². The smallest absolute Gasteiger partial charge is 0.212 e. The van der Waals surface area contributed by atoms with E-state index in [2.05, 4.69) is 14.9 Å². The van der Waals surface area contributed by atoms with Gasteiger partial charge in [-0.25, -0.2) is 21.6 Å². The summed E-state index contributed by atoms with van der Waals surface area (Å²) >= 11 is 0. The van der Waals surface area contributed by atoms with Crippen molar-refractivity contribution in [1.82, 2.24) is 14.9 Å². The van der Waals surface area contributed by atoms with Crippen LogP contribution in [0.15, 0.2) is 0 Å². The quantitative estimate of drug-likeness (QED) is 0.557. The normalized spacial score (nSPS) is 18.9. The van der Waals surface area contributed by atoms with E-state index in [1.165, 1.54) is 0 Å². The van der Waals surface area contributed by atoms with Gasteiger partial charge < -0.3 is 5.32 Å². The number of piperazine rings is 1. The largest absolute Gasteiger partial charge is 0.314 e. The minimum absolute atomic E-state index is 0.325. The first-order valence-corrected chi connectivity index (χ1v) is 9.58. The predicted octanol–water partition coefficient (Wildman–Crippen LogP) is -2.14. The van der Waals surface area contributed by atoms with E-state index in [0.29, 0.717) is 13.1 Å². The van der Waals surface area contributed by atoms with Gasteiger partial charge >= 0.3 is 0 Å². The van der Waals surface area contributed by atoms with Crippen LogP contribution < -0.4 is 10.0 Å². The molecule has 1 aliphatic heterocycles. The Morgan fingerprint density at radius 3 is 2.28 bits per heavy atom. The van der Waals surface area contributed by atoms with Crippen LogP contribution in [0.2, 0.25) is 0 Å². The van der Waals surface area contributed by atoms with Gasteiger partial charge in [0, 0.05) is 45.5 Å². The lowest BCUT2D eigenvalue weighted by Gasteiger charge is -2.27. The van der Waals surface area contributed by atoms with Gasteiger partial charge in [0.2, 0.25) is 10.0 Å². The van der Waals surface area contributed by atoms with Crippen molar-refractivity contribution in [3.05, 3.63) is 0 Å². The number of rotatable bonds is 7. The van der Waals surface area contributed by atoms with Gasteiger partial charge in [-0.2, -0.15) is 0 Å². The monoisotopic (exact) mass is 299 g/mol. The highest BCUT2D eigenvalue weighted by molar-refractivity contribution is 7.93. The minimum Gasteiger partial charge on any atom is -0.314 e. The Balaban J connectivity index is 2.24. The summed E-state index contributed by atoms with van der Waals surface area (Å²) in [5, 5.41) is 3.21. The van der Waals surface area contributed by atoms with E-state index in [9.17, 15) is 16.8 Å². The molecule has 1 heterocycles. The standard InChI is InChI=1S/C9H21N3O4S2/c1-17(13,14)8-9-18(15,16)11-4-7-12-5-2-10-3-6-12/h10-11H,2-9H2,1H3. The number of sulfone groups is 1. The van der Waals surface area contributed by atoms with Gasteiger partial charge in [0.1, 0.15) is 9.84 Å². The summed E-state index contributed by atoms with van der Waals surface area (Å²) in [5.41, 5.74) is 0. The molecule has 0 saturated carbocycles. The fourth-order valence-electron chi connectivity index (χ4n) is 1.63. The van der Waals surface area contributed by atoms with E-state index >= 15 is 0 Å². The molecule has 1 rings (SSSR count). The first-order chi connectivity index (χ1) is 8.29. The van der Waals surface area contributed by atoms with Gasteiger partial charge in [-0.15, -0.1) is 0 Å². The average molecular weight is 299 g/mol. The molecule has 7 nitrogen and oxygen atoms in total. The fraction of sp³-hybridized carbons (Fsp3) is 1.00. The third-order valence-electron chi connectivity index (χ3n) is 2.68. The number of nitrogens with zero attached hydrogens (tertiary/aromatic N) is 1. The van der Waals surface area contributed by atoms with Gasteiger partial charge in [-0.1, -0.05) is 0 Å². The second-order valence-corrected chi connectivity index (χ2v) is 8.62. The van der Waals surface area contributed by atoms with Crippen LogP contribution in [0.1, 0.15) is 0 Å². The third-order valence-corrected chi connectivity index (χ3v) is 5.27. The fourth-order valence-corrected chi connectivity index (χ4v) is 4.26. The van der Waals surface area contributed by atoms with Crippen molar-refractivity contribution in [3.63, 3.8) is 0 Å². The molecule has 0 atom stereocenters. The molecular formula is C9H21N3O4S2. The molecule has 1 aliphatic rings. The van der Waals surface area contributed by atoms with Gasteiger partial charge in [-0.3, -0.25) is 4.90 Å². The highest BCUT2D eigenvalue weighted by atomic mass is 32.2. The zero-order chi connectivity index (χ0) is 13.6. The Hall–Kier alpha value is -0.220. The molecule has 0 aromatic heterocycles. The van der Waals surface area contributed by atoms with Crippen LogP contribution in [0, 0.1) is 0 Å². The van der Waals surface area contributed by atoms with Crippen molar-refractivity contribution >= 4 is 19.9 Å². The molecule has 0 aliphatic carbocycles. The molecule has 0 amide bonds. The summed E-state index contributed by atoms with van der Waals surface area (Å²) in [6, 6.07) is 0. The van der Waals surface area contributed by atoms with Crippen molar-refractivity contribution in [3.8, 4) is 0 Å². The lowest BCUT2D eigenvalue weighted by molar-refractivity contribution is 0.245. The van der Waals surface area contributed by atoms with Crippen molar-refractivity contribution in [2.45, 2.75) is 0 Å². The summed E-state index contributed by atoms with van der Waals surface area (Å²) < 4.78 is 47.2. The van der Waals surface area contributed by atoms with Crippen molar-refractivity contribution in [2.75, 3.05) is 57.0 Å². The van der Waals surface area contributed by atoms with Crippen LogP contribution >= 0.6 is 0 Å². The van der Waals surface area contributed by atoms with Crippen molar-refractivity contribution < 1.29 is 16.8 Å². The highest BCUT2D eigenvalue weighted by Crippen LogP contribution is 1.93. The van der Waals surface area contributed by atoms with Crippen LogP contribution in [0.25, 0.3) is 0 Å². The molecule has 0 aromatic rings. The van der Waals surface area contributed by atoms with E-state index in [4.69, 9.17) is 0 Å². The molecular weight excluding hydrogens is 278 g/mol. The zero-order valence-corrected chi connectivity index (χ0v) is 12.2. The highest BCUT2D eigenvalue weighted by Gasteiger charge is 2.15. The predicted molar refractivity (Wildman–Crippen MR) is 70.8 cm³/mol. The van der Waals surface area contributed by atoms with Gasteiger partial charge in [0.05, 0.1) is 11.5 Å². The SMILES string of the molecule is CS(=O)(=O)CCS(=O)(=O)NCCN1CCNCC1. The summed E-state index contributed by atoms with van der Waals surface area (Å²) in [6.07, 6.45) is 1.03. The van der Waals surface area contributed by atoms with Crippen molar-refractivity contribution in [2.24, 2.45) is 0 Å². The zero-order valence-electron chi connectivity index (χ0n) is 10.6. The summed E-state index contributed by atoms with van der Waals surface area (Å²) in [4.78, 5) is 2.16. The number of nitrogens with one attached hydrogen (secondary N) is 2. The first kappa shape index (κ1) is 15.8. The van der Waals surface area contributed by atoms with Gasteiger partial charge in [0.15, 0.2) is 0 Å². The van der Waals surface area contributed by atoms with E-state index in [-0.39, 0.29) is 11.5 Å². The van der Waals surface area contributed by atoms with Crippen LogP contribution in [0.3, 0.4) is 0 Å². The number of hydrogen-bond acceptors (Lipinski definition) is 6. The van der Waals surface area contributed by atoms with Gasteiger partial charge in [-0.05, 0) is 0 Å². The van der Waals surface area contributed by atoms with E-state index in [1.807, 2.05) is 0 Å².